The molecule has 0 aliphatic rings. The summed E-state index contributed by atoms with van der Waals surface area (Å²) in [5.74, 6) is 0.732. The lowest BCUT2D eigenvalue weighted by atomic mass is 10.1. The summed E-state index contributed by atoms with van der Waals surface area (Å²) >= 11 is 1.86. The first-order chi connectivity index (χ1) is 10.2. The molecule has 0 aliphatic carbocycles. The summed E-state index contributed by atoms with van der Waals surface area (Å²) in [6.45, 7) is 8.66. The summed E-state index contributed by atoms with van der Waals surface area (Å²) < 4.78 is 0. The van der Waals surface area contributed by atoms with E-state index in [1.165, 1.54) is 27.6 Å². The Balaban J connectivity index is 2.19. The molecule has 0 spiro atoms. The molecular weight excluding hydrogens is 276 g/mol. The lowest BCUT2D eigenvalue weighted by molar-refractivity contribution is 0.584. The minimum atomic E-state index is 0.732. The molecule has 1 N–H and O–H groups in total. The van der Waals surface area contributed by atoms with Gasteiger partial charge in [0, 0.05) is 6.54 Å². The third-order valence-electron chi connectivity index (χ3n) is 3.43. The van der Waals surface area contributed by atoms with Gasteiger partial charge in [0.15, 0.2) is 0 Å². The van der Waals surface area contributed by atoms with Gasteiger partial charge in [0.1, 0.15) is 0 Å². The van der Waals surface area contributed by atoms with Gasteiger partial charge in [0.05, 0.1) is 15.6 Å². The summed E-state index contributed by atoms with van der Waals surface area (Å²) in [5, 5.41) is 4.76. The number of hydrogen-bond acceptors (Lipinski definition) is 3. The Morgan fingerprint density at radius 1 is 1.19 bits per heavy atom. The number of thiazole rings is 1. The van der Waals surface area contributed by atoms with E-state index >= 15 is 0 Å². The minimum Gasteiger partial charge on any atom is -0.311 e. The lowest BCUT2D eigenvalue weighted by Crippen LogP contribution is -2.14. The van der Waals surface area contributed by atoms with Crippen molar-refractivity contribution in [1.29, 1.82) is 0 Å². The second kappa shape index (κ2) is 8.30. The fourth-order valence-electron chi connectivity index (χ4n) is 2.24. The molecule has 0 saturated carbocycles. The Kier molecular flexibility index (Phi) is 6.40. The zero-order valence-corrected chi connectivity index (χ0v) is 14.2. The zero-order valence-electron chi connectivity index (χ0n) is 13.4. The number of rotatable bonds is 8. The Morgan fingerprint density at radius 3 is 2.62 bits per heavy atom. The molecule has 0 amide bonds. The summed E-state index contributed by atoms with van der Waals surface area (Å²) in [5.41, 5.74) is 2.50. The number of aromatic nitrogens is 1. The van der Waals surface area contributed by atoms with Gasteiger partial charge < -0.3 is 5.32 Å². The molecule has 1 heterocycles. The molecule has 2 rings (SSSR count). The van der Waals surface area contributed by atoms with Gasteiger partial charge in [0.25, 0.3) is 0 Å². The van der Waals surface area contributed by atoms with Gasteiger partial charge in [-0.05, 0) is 37.3 Å². The van der Waals surface area contributed by atoms with E-state index in [1.54, 1.807) is 0 Å². The van der Waals surface area contributed by atoms with E-state index in [9.17, 15) is 0 Å². The van der Waals surface area contributed by atoms with Crippen molar-refractivity contribution in [3.63, 3.8) is 0 Å². The first-order valence-corrected chi connectivity index (χ1v) is 8.77. The third-order valence-corrected chi connectivity index (χ3v) is 4.64. The molecule has 0 unspecified atom stereocenters. The average molecular weight is 302 g/mol. The number of nitrogens with zero attached hydrogens (tertiary/aromatic N) is 1. The van der Waals surface area contributed by atoms with Crippen LogP contribution in [0.25, 0.3) is 10.4 Å². The van der Waals surface area contributed by atoms with E-state index in [0.717, 1.165) is 31.8 Å². The van der Waals surface area contributed by atoms with Crippen LogP contribution in [0.15, 0.2) is 30.3 Å². The maximum Gasteiger partial charge on any atom is 0.0935 e. The molecule has 1 aromatic heterocycles. The largest absolute Gasteiger partial charge is 0.311 e. The van der Waals surface area contributed by atoms with Crippen molar-refractivity contribution in [3.8, 4) is 10.4 Å². The highest BCUT2D eigenvalue weighted by atomic mass is 32.1. The molecule has 3 heteroatoms. The Bertz CT molecular complexity index is 531. The van der Waals surface area contributed by atoms with Gasteiger partial charge >= 0.3 is 0 Å². The highest BCUT2D eigenvalue weighted by Crippen LogP contribution is 2.31. The van der Waals surface area contributed by atoms with Crippen LogP contribution in [-0.4, -0.2) is 11.5 Å². The van der Waals surface area contributed by atoms with Crippen molar-refractivity contribution in [2.24, 2.45) is 5.92 Å². The second-order valence-corrected chi connectivity index (χ2v) is 6.94. The highest BCUT2D eigenvalue weighted by molar-refractivity contribution is 7.15. The smallest absolute Gasteiger partial charge is 0.0935 e. The van der Waals surface area contributed by atoms with Crippen molar-refractivity contribution in [1.82, 2.24) is 10.3 Å². The van der Waals surface area contributed by atoms with Crippen molar-refractivity contribution >= 4 is 11.3 Å². The summed E-state index contributed by atoms with van der Waals surface area (Å²) in [6, 6.07) is 10.6. The normalized spacial score (nSPS) is 11.2. The van der Waals surface area contributed by atoms with E-state index < -0.39 is 0 Å². The first-order valence-electron chi connectivity index (χ1n) is 7.95. The predicted octanol–water partition coefficient (Wildman–Crippen LogP) is 4.90. The van der Waals surface area contributed by atoms with Crippen LogP contribution in [-0.2, 0) is 13.0 Å². The van der Waals surface area contributed by atoms with Gasteiger partial charge in [0.2, 0.25) is 0 Å². The van der Waals surface area contributed by atoms with E-state index in [2.05, 4.69) is 56.4 Å². The van der Waals surface area contributed by atoms with Crippen LogP contribution in [0.3, 0.4) is 0 Å². The van der Waals surface area contributed by atoms with Gasteiger partial charge in [-0.3, -0.25) is 0 Å². The lowest BCUT2D eigenvalue weighted by Gasteiger charge is -2.03. The summed E-state index contributed by atoms with van der Waals surface area (Å²) in [6.07, 6.45) is 3.46. The van der Waals surface area contributed by atoms with Crippen molar-refractivity contribution in [2.45, 2.75) is 46.6 Å². The minimum absolute atomic E-state index is 0.732. The molecule has 0 atom stereocenters. The fraction of sp³-hybridized carbons (Fsp3) is 0.500. The highest BCUT2D eigenvalue weighted by Gasteiger charge is 2.12. The monoisotopic (exact) mass is 302 g/mol. The van der Waals surface area contributed by atoms with E-state index in [1.807, 2.05) is 11.3 Å². The number of hydrogen-bond donors (Lipinski definition) is 1. The number of benzene rings is 1. The molecule has 2 nitrogen and oxygen atoms in total. The SMILES string of the molecule is CCCNCc1nc(CCC(C)C)sc1-c1ccccc1. The van der Waals surface area contributed by atoms with Crippen molar-refractivity contribution < 1.29 is 0 Å². The van der Waals surface area contributed by atoms with Crippen LogP contribution in [0.2, 0.25) is 0 Å². The van der Waals surface area contributed by atoms with Crippen LogP contribution in [0.5, 0.6) is 0 Å². The van der Waals surface area contributed by atoms with Gasteiger partial charge in [-0.15, -0.1) is 11.3 Å². The molecule has 0 bridgehead atoms. The number of nitrogens with one attached hydrogen (secondary N) is 1. The maximum absolute atomic E-state index is 4.89. The van der Waals surface area contributed by atoms with Crippen LogP contribution >= 0.6 is 11.3 Å². The zero-order chi connectivity index (χ0) is 15.1. The third kappa shape index (κ3) is 4.94. The molecule has 21 heavy (non-hydrogen) atoms. The van der Waals surface area contributed by atoms with Gasteiger partial charge in [-0.25, -0.2) is 4.98 Å². The summed E-state index contributed by atoms with van der Waals surface area (Å²) in [7, 11) is 0. The fourth-order valence-corrected chi connectivity index (χ4v) is 3.34. The predicted molar refractivity (Wildman–Crippen MR) is 92.7 cm³/mol. The van der Waals surface area contributed by atoms with E-state index in [-0.39, 0.29) is 0 Å². The first kappa shape index (κ1) is 16.2. The molecule has 0 aliphatic heterocycles. The van der Waals surface area contributed by atoms with Crippen LogP contribution < -0.4 is 5.32 Å². The second-order valence-electron chi connectivity index (χ2n) is 5.86. The van der Waals surface area contributed by atoms with Gasteiger partial charge in [-0.2, -0.15) is 0 Å². The Labute approximate surface area is 132 Å². The number of aryl methyl sites for hydroxylation is 1. The van der Waals surface area contributed by atoms with E-state index in [4.69, 9.17) is 4.98 Å². The Hall–Kier alpha value is -1.19. The maximum atomic E-state index is 4.89. The molecule has 114 valence electrons. The van der Waals surface area contributed by atoms with Crippen molar-refractivity contribution in [2.75, 3.05) is 6.54 Å². The standard InChI is InChI=1S/C18H26N2S/c1-4-12-19-13-16-18(15-8-6-5-7-9-15)21-17(20-16)11-10-14(2)3/h5-9,14,19H,4,10-13H2,1-3H3. The van der Waals surface area contributed by atoms with Crippen LogP contribution in [0.4, 0.5) is 0 Å². The molecule has 0 radical (unpaired) electrons. The summed E-state index contributed by atoms with van der Waals surface area (Å²) in [4.78, 5) is 6.22. The molecule has 0 saturated heterocycles. The molecular formula is C18H26N2S. The van der Waals surface area contributed by atoms with Crippen LogP contribution in [0.1, 0.15) is 44.3 Å². The quantitative estimate of drug-likeness (QED) is 0.702. The molecule has 0 fully saturated rings. The Morgan fingerprint density at radius 2 is 1.95 bits per heavy atom. The molecule has 1 aromatic carbocycles. The average Bonchev–Trinajstić information content (AvgIpc) is 2.90. The van der Waals surface area contributed by atoms with Crippen LogP contribution in [0, 0.1) is 5.92 Å². The molecule has 2 aromatic rings. The van der Waals surface area contributed by atoms with E-state index in [0.29, 0.717) is 0 Å². The topological polar surface area (TPSA) is 24.9 Å². The van der Waals surface area contributed by atoms with Gasteiger partial charge in [-0.1, -0.05) is 51.1 Å². The van der Waals surface area contributed by atoms with Crippen molar-refractivity contribution in [3.05, 3.63) is 41.0 Å².